The zero-order valence-corrected chi connectivity index (χ0v) is 13.8. The first-order valence-electron chi connectivity index (χ1n) is 6.14. The zero-order chi connectivity index (χ0) is 15.4. The van der Waals surface area contributed by atoms with Crippen LogP contribution in [-0.2, 0) is 6.54 Å². The van der Waals surface area contributed by atoms with Gasteiger partial charge in [-0.2, -0.15) is 0 Å². The molecule has 0 aliphatic heterocycles. The summed E-state index contributed by atoms with van der Waals surface area (Å²) in [5, 5.41) is 4.59. The van der Waals surface area contributed by atoms with Crippen LogP contribution in [0.4, 0.5) is 5.69 Å². The fourth-order valence-electron chi connectivity index (χ4n) is 1.87. The average Bonchev–Trinajstić information content (AvgIpc) is 2.49. The zero-order valence-electron chi connectivity index (χ0n) is 11.5. The van der Waals surface area contributed by atoms with E-state index in [4.69, 9.17) is 44.3 Å². The van der Waals surface area contributed by atoms with Crippen molar-refractivity contribution in [2.75, 3.05) is 19.5 Å². The van der Waals surface area contributed by atoms with Crippen LogP contribution in [0.15, 0.2) is 30.3 Å². The van der Waals surface area contributed by atoms with Gasteiger partial charge in [0, 0.05) is 12.1 Å². The van der Waals surface area contributed by atoms with Gasteiger partial charge < -0.3 is 14.8 Å². The standard InChI is InChI=1S/C15H14Cl3NO2/c1-20-10-3-4-15(21-2)9(5-10)8-19-14-7-12(17)11(16)6-13(14)18/h3-7,19H,8H2,1-2H3. The highest BCUT2D eigenvalue weighted by atomic mass is 35.5. The van der Waals surface area contributed by atoms with E-state index < -0.39 is 0 Å². The molecule has 2 aromatic carbocycles. The largest absolute Gasteiger partial charge is 0.497 e. The molecule has 0 atom stereocenters. The predicted octanol–water partition coefficient (Wildman–Crippen LogP) is 5.28. The number of nitrogens with one attached hydrogen (secondary N) is 1. The maximum atomic E-state index is 6.14. The molecule has 2 rings (SSSR count). The van der Waals surface area contributed by atoms with E-state index in [9.17, 15) is 0 Å². The lowest BCUT2D eigenvalue weighted by Crippen LogP contribution is -2.03. The Balaban J connectivity index is 2.21. The molecule has 0 bridgehead atoms. The second-order valence-corrected chi connectivity index (χ2v) is 5.50. The summed E-state index contributed by atoms with van der Waals surface area (Å²) in [4.78, 5) is 0. The van der Waals surface area contributed by atoms with Crippen LogP contribution in [0.2, 0.25) is 15.1 Å². The van der Waals surface area contributed by atoms with Gasteiger partial charge in [-0.3, -0.25) is 0 Å². The van der Waals surface area contributed by atoms with Crippen molar-refractivity contribution in [2.24, 2.45) is 0 Å². The third-order valence-corrected chi connectivity index (χ3v) is 4.00. The normalized spacial score (nSPS) is 10.3. The molecular weight excluding hydrogens is 333 g/mol. The number of hydrogen-bond acceptors (Lipinski definition) is 3. The monoisotopic (exact) mass is 345 g/mol. The summed E-state index contributed by atoms with van der Waals surface area (Å²) in [7, 11) is 3.24. The van der Waals surface area contributed by atoms with Gasteiger partial charge in [0.25, 0.3) is 0 Å². The maximum absolute atomic E-state index is 6.14. The molecule has 0 amide bonds. The van der Waals surface area contributed by atoms with Crippen LogP contribution in [0.5, 0.6) is 11.5 Å². The third kappa shape index (κ3) is 3.88. The van der Waals surface area contributed by atoms with Crippen LogP contribution in [0.3, 0.4) is 0 Å². The van der Waals surface area contributed by atoms with Gasteiger partial charge in [-0.05, 0) is 30.3 Å². The van der Waals surface area contributed by atoms with Crippen LogP contribution < -0.4 is 14.8 Å². The summed E-state index contributed by atoms with van der Waals surface area (Å²) < 4.78 is 10.5. The summed E-state index contributed by atoms with van der Waals surface area (Å²) in [6.45, 7) is 0.512. The number of anilines is 1. The molecule has 21 heavy (non-hydrogen) atoms. The van der Waals surface area contributed by atoms with Crippen molar-refractivity contribution < 1.29 is 9.47 Å². The molecule has 0 saturated heterocycles. The van der Waals surface area contributed by atoms with Crippen molar-refractivity contribution >= 4 is 40.5 Å². The smallest absolute Gasteiger partial charge is 0.124 e. The topological polar surface area (TPSA) is 30.5 Å². The first-order chi connectivity index (χ1) is 10.0. The Bertz CT molecular complexity index is 647. The number of rotatable bonds is 5. The van der Waals surface area contributed by atoms with E-state index in [-0.39, 0.29) is 0 Å². The number of ether oxygens (including phenoxy) is 2. The Hall–Kier alpha value is -1.29. The quantitative estimate of drug-likeness (QED) is 0.747. The lowest BCUT2D eigenvalue weighted by molar-refractivity contribution is 0.399. The Morgan fingerprint density at radius 3 is 2.29 bits per heavy atom. The summed E-state index contributed by atoms with van der Waals surface area (Å²) in [5.41, 5.74) is 1.65. The van der Waals surface area contributed by atoms with E-state index in [1.54, 1.807) is 26.4 Å². The van der Waals surface area contributed by atoms with Gasteiger partial charge in [-0.25, -0.2) is 0 Å². The van der Waals surface area contributed by atoms with Crippen molar-refractivity contribution in [3.63, 3.8) is 0 Å². The highest BCUT2D eigenvalue weighted by Crippen LogP contribution is 2.33. The SMILES string of the molecule is COc1ccc(OC)c(CNc2cc(Cl)c(Cl)cc2Cl)c1. The molecule has 3 nitrogen and oxygen atoms in total. The molecule has 0 aliphatic rings. The predicted molar refractivity (Wildman–Crippen MR) is 88.3 cm³/mol. The highest BCUT2D eigenvalue weighted by Gasteiger charge is 2.08. The second kappa shape index (κ2) is 7.12. The fourth-order valence-corrected chi connectivity index (χ4v) is 2.48. The van der Waals surface area contributed by atoms with Gasteiger partial charge in [-0.15, -0.1) is 0 Å². The Morgan fingerprint density at radius 1 is 0.905 bits per heavy atom. The summed E-state index contributed by atoms with van der Waals surface area (Å²) >= 11 is 18.0. The molecule has 0 aromatic heterocycles. The molecule has 112 valence electrons. The first-order valence-corrected chi connectivity index (χ1v) is 7.28. The van der Waals surface area contributed by atoms with E-state index >= 15 is 0 Å². The highest BCUT2D eigenvalue weighted by molar-refractivity contribution is 6.44. The van der Waals surface area contributed by atoms with Crippen molar-refractivity contribution in [3.05, 3.63) is 51.0 Å². The molecule has 0 saturated carbocycles. The molecule has 0 radical (unpaired) electrons. The minimum atomic E-state index is 0.422. The first kappa shape index (κ1) is 16.1. The lowest BCUT2D eigenvalue weighted by Gasteiger charge is -2.13. The van der Waals surface area contributed by atoms with E-state index in [2.05, 4.69) is 5.32 Å². The molecule has 6 heteroatoms. The number of methoxy groups -OCH3 is 2. The van der Waals surface area contributed by atoms with E-state index in [0.29, 0.717) is 27.3 Å². The minimum absolute atomic E-state index is 0.422. The lowest BCUT2D eigenvalue weighted by atomic mass is 10.2. The van der Waals surface area contributed by atoms with E-state index in [0.717, 1.165) is 17.1 Å². The Labute approximate surface area is 138 Å². The number of hydrogen-bond donors (Lipinski definition) is 1. The molecule has 0 unspecified atom stereocenters. The Morgan fingerprint density at radius 2 is 1.62 bits per heavy atom. The van der Waals surface area contributed by atoms with Crippen LogP contribution in [0.1, 0.15) is 5.56 Å². The number of benzene rings is 2. The van der Waals surface area contributed by atoms with Gasteiger partial charge in [0.2, 0.25) is 0 Å². The summed E-state index contributed by atoms with van der Waals surface area (Å²) in [5.74, 6) is 1.52. The van der Waals surface area contributed by atoms with Crippen molar-refractivity contribution in [3.8, 4) is 11.5 Å². The number of halogens is 3. The van der Waals surface area contributed by atoms with E-state index in [1.807, 2.05) is 18.2 Å². The van der Waals surface area contributed by atoms with Crippen molar-refractivity contribution in [1.82, 2.24) is 0 Å². The summed E-state index contributed by atoms with van der Waals surface area (Å²) in [6.07, 6.45) is 0. The van der Waals surface area contributed by atoms with Gasteiger partial charge >= 0.3 is 0 Å². The van der Waals surface area contributed by atoms with Crippen molar-refractivity contribution in [1.29, 1.82) is 0 Å². The van der Waals surface area contributed by atoms with E-state index in [1.165, 1.54) is 0 Å². The summed E-state index contributed by atoms with van der Waals surface area (Å²) in [6, 6.07) is 8.90. The molecule has 1 N–H and O–H groups in total. The van der Waals surface area contributed by atoms with Crippen LogP contribution in [0, 0.1) is 0 Å². The van der Waals surface area contributed by atoms with Gasteiger partial charge in [0.15, 0.2) is 0 Å². The van der Waals surface area contributed by atoms with Crippen LogP contribution in [-0.4, -0.2) is 14.2 Å². The van der Waals surface area contributed by atoms with Gasteiger partial charge in [-0.1, -0.05) is 34.8 Å². The van der Waals surface area contributed by atoms with Gasteiger partial charge in [0.1, 0.15) is 11.5 Å². The molecule has 2 aromatic rings. The van der Waals surface area contributed by atoms with Crippen molar-refractivity contribution in [2.45, 2.75) is 6.54 Å². The molecule has 0 spiro atoms. The fraction of sp³-hybridized carbons (Fsp3) is 0.200. The molecular formula is C15H14Cl3NO2. The maximum Gasteiger partial charge on any atom is 0.124 e. The minimum Gasteiger partial charge on any atom is -0.497 e. The van der Waals surface area contributed by atoms with Crippen LogP contribution in [0.25, 0.3) is 0 Å². The average molecular weight is 347 g/mol. The second-order valence-electron chi connectivity index (χ2n) is 4.28. The molecule has 0 heterocycles. The molecule has 0 fully saturated rings. The van der Waals surface area contributed by atoms with Crippen LogP contribution >= 0.6 is 34.8 Å². The molecule has 0 aliphatic carbocycles. The third-order valence-electron chi connectivity index (χ3n) is 2.97. The Kier molecular flexibility index (Phi) is 5.45. The van der Waals surface area contributed by atoms with Gasteiger partial charge in [0.05, 0.1) is 35.0 Å².